The smallest absolute Gasteiger partial charge is 0.0526 e. The van der Waals surface area contributed by atoms with E-state index >= 15 is 0 Å². The maximum absolute atomic E-state index is 9.33. The molecule has 1 aromatic rings. The van der Waals surface area contributed by atoms with Crippen LogP contribution in [0.4, 0.5) is 0 Å². The van der Waals surface area contributed by atoms with E-state index < -0.39 is 0 Å². The van der Waals surface area contributed by atoms with E-state index in [-0.39, 0.29) is 6.10 Å². The van der Waals surface area contributed by atoms with Crippen molar-refractivity contribution in [1.29, 1.82) is 0 Å². The van der Waals surface area contributed by atoms with Crippen molar-refractivity contribution in [3.63, 3.8) is 0 Å². The number of aliphatic hydroxyl groups is 1. The van der Waals surface area contributed by atoms with Crippen LogP contribution in [-0.4, -0.2) is 17.3 Å². The first-order valence-electron chi connectivity index (χ1n) is 6.38. The topological polar surface area (TPSA) is 32.3 Å². The van der Waals surface area contributed by atoms with E-state index in [4.69, 9.17) is 0 Å². The van der Waals surface area contributed by atoms with Crippen molar-refractivity contribution in [2.24, 2.45) is 0 Å². The molecule has 0 heterocycles. The molecule has 0 aromatic heterocycles. The highest BCUT2D eigenvalue weighted by Crippen LogP contribution is 2.16. The van der Waals surface area contributed by atoms with E-state index in [0.717, 1.165) is 13.0 Å². The minimum absolute atomic E-state index is 0.238. The van der Waals surface area contributed by atoms with Crippen molar-refractivity contribution in [3.05, 3.63) is 34.4 Å². The predicted octanol–water partition coefficient (Wildman–Crippen LogP) is 2.86. The van der Waals surface area contributed by atoms with Crippen molar-refractivity contribution in [2.75, 3.05) is 0 Å². The van der Waals surface area contributed by atoms with Gasteiger partial charge in [0.05, 0.1) is 6.10 Å². The first-order chi connectivity index (χ1) is 7.90. The molecule has 1 rings (SSSR count). The summed E-state index contributed by atoms with van der Waals surface area (Å²) in [6.07, 6.45) is 0.557. The molecule has 2 unspecified atom stereocenters. The van der Waals surface area contributed by atoms with E-state index in [9.17, 15) is 5.11 Å². The molecule has 1 aromatic carbocycles. The molecule has 0 saturated carbocycles. The van der Waals surface area contributed by atoms with Gasteiger partial charge in [0.15, 0.2) is 0 Å². The Kier molecular flexibility index (Phi) is 5.16. The number of aryl methyl sites for hydroxylation is 3. The second-order valence-electron chi connectivity index (χ2n) is 5.24. The number of aliphatic hydroxyl groups excluding tert-OH is 1. The molecule has 0 saturated heterocycles. The van der Waals surface area contributed by atoms with Gasteiger partial charge >= 0.3 is 0 Å². The number of rotatable bonds is 5. The van der Waals surface area contributed by atoms with Crippen LogP contribution < -0.4 is 5.32 Å². The number of nitrogens with one attached hydrogen (secondary N) is 1. The third-order valence-corrected chi connectivity index (χ3v) is 3.16. The summed E-state index contributed by atoms with van der Waals surface area (Å²) >= 11 is 0. The quantitative estimate of drug-likeness (QED) is 0.822. The summed E-state index contributed by atoms with van der Waals surface area (Å²) < 4.78 is 0. The average Bonchev–Trinajstić information content (AvgIpc) is 2.14. The zero-order chi connectivity index (χ0) is 13.0. The Hall–Kier alpha value is -0.860. The van der Waals surface area contributed by atoms with E-state index in [0.29, 0.717) is 6.04 Å². The number of benzene rings is 1. The lowest BCUT2D eigenvalue weighted by Crippen LogP contribution is -2.29. The van der Waals surface area contributed by atoms with E-state index in [1.165, 1.54) is 22.3 Å². The Morgan fingerprint density at radius 3 is 2.12 bits per heavy atom. The van der Waals surface area contributed by atoms with Gasteiger partial charge in [-0.15, -0.1) is 0 Å². The molecule has 0 amide bonds. The lowest BCUT2D eigenvalue weighted by atomic mass is 9.99. The van der Waals surface area contributed by atoms with Crippen LogP contribution in [0.25, 0.3) is 0 Å². The SMILES string of the molecule is Cc1cc(C)c(CNC(C)CC(C)O)c(C)c1. The fourth-order valence-corrected chi connectivity index (χ4v) is 2.36. The summed E-state index contributed by atoms with van der Waals surface area (Å²) in [6.45, 7) is 11.3. The fourth-order valence-electron chi connectivity index (χ4n) is 2.36. The minimum Gasteiger partial charge on any atom is -0.393 e. The Bertz CT molecular complexity index is 348. The molecule has 2 nitrogen and oxygen atoms in total. The summed E-state index contributed by atoms with van der Waals surface area (Å²) in [7, 11) is 0. The molecule has 0 aliphatic rings. The van der Waals surface area contributed by atoms with Gasteiger partial charge in [-0.25, -0.2) is 0 Å². The van der Waals surface area contributed by atoms with E-state index in [2.05, 4.69) is 45.1 Å². The van der Waals surface area contributed by atoms with Crippen LogP contribution in [0.15, 0.2) is 12.1 Å². The van der Waals surface area contributed by atoms with Crippen LogP contribution in [0.5, 0.6) is 0 Å². The maximum Gasteiger partial charge on any atom is 0.0526 e. The zero-order valence-electron chi connectivity index (χ0n) is 11.7. The third-order valence-electron chi connectivity index (χ3n) is 3.16. The largest absolute Gasteiger partial charge is 0.393 e. The van der Waals surface area contributed by atoms with Gasteiger partial charge < -0.3 is 10.4 Å². The van der Waals surface area contributed by atoms with Gasteiger partial charge in [-0.05, 0) is 57.7 Å². The van der Waals surface area contributed by atoms with Crippen LogP contribution >= 0.6 is 0 Å². The zero-order valence-corrected chi connectivity index (χ0v) is 11.7. The van der Waals surface area contributed by atoms with Crippen LogP contribution in [0.3, 0.4) is 0 Å². The van der Waals surface area contributed by atoms with Crippen LogP contribution in [0, 0.1) is 20.8 Å². The molecule has 96 valence electrons. The van der Waals surface area contributed by atoms with Crippen molar-refractivity contribution >= 4 is 0 Å². The lowest BCUT2D eigenvalue weighted by Gasteiger charge is -2.18. The Labute approximate surface area is 105 Å². The van der Waals surface area contributed by atoms with Crippen molar-refractivity contribution in [2.45, 2.75) is 59.7 Å². The molecule has 2 heteroatoms. The van der Waals surface area contributed by atoms with Gasteiger partial charge in [-0.1, -0.05) is 17.7 Å². The van der Waals surface area contributed by atoms with Gasteiger partial charge in [0, 0.05) is 12.6 Å². The molecular weight excluding hydrogens is 210 g/mol. The summed E-state index contributed by atoms with van der Waals surface area (Å²) in [5.74, 6) is 0. The first kappa shape index (κ1) is 14.2. The molecule has 0 radical (unpaired) electrons. The molecule has 0 spiro atoms. The van der Waals surface area contributed by atoms with Crippen molar-refractivity contribution in [3.8, 4) is 0 Å². The maximum atomic E-state index is 9.33. The van der Waals surface area contributed by atoms with Crippen molar-refractivity contribution in [1.82, 2.24) is 5.32 Å². The Morgan fingerprint density at radius 1 is 1.12 bits per heavy atom. The summed E-state index contributed by atoms with van der Waals surface area (Å²) in [4.78, 5) is 0. The lowest BCUT2D eigenvalue weighted by molar-refractivity contribution is 0.170. The van der Waals surface area contributed by atoms with Crippen molar-refractivity contribution < 1.29 is 5.11 Å². The summed E-state index contributed by atoms with van der Waals surface area (Å²) in [6, 6.07) is 4.79. The van der Waals surface area contributed by atoms with Crippen LogP contribution in [0.1, 0.15) is 42.5 Å². The van der Waals surface area contributed by atoms with Gasteiger partial charge in [-0.3, -0.25) is 0 Å². The minimum atomic E-state index is -0.238. The van der Waals surface area contributed by atoms with Gasteiger partial charge in [-0.2, -0.15) is 0 Å². The molecule has 2 N–H and O–H groups in total. The molecular formula is C15H25NO. The first-order valence-corrected chi connectivity index (χ1v) is 6.38. The highest BCUT2D eigenvalue weighted by molar-refractivity contribution is 5.37. The molecule has 0 bridgehead atoms. The average molecular weight is 235 g/mol. The number of hydrogen-bond acceptors (Lipinski definition) is 2. The molecule has 0 aliphatic heterocycles. The van der Waals surface area contributed by atoms with Gasteiger partial charge in [0.25, 0.3) is 0 Å². The predicted molar refractivity (Wildman–Crippen MR) is 73.3 cm³/mol. The fraction of sp³-hybridized carbons (Fsp3) is 0.600. The molecule has 0 aliphatic carbocycles. The standard InChI is InChI=1S/C15H25NO/c1-10-6-11(2)15(12(3)7-10)9-16-13(4)8-14(5)17/h6-7,13-14,16-17H,8-9H2,1-5H3. The van der Waals surface area contributed by atoms with Crippen LogP contribution in [0.2, 0.25) is 0 Å². The highest BCUT2D eigenvalue weighted by atomic mass is 16.3. The second kappa shape index (κ2) is 6.18. The molecule has 0 fully saturated rings. The Balaban J connectivity index is 2.63. The monoisotopic (exact) mass is 235 g/mol. The summed E-state index contributed by atoms with van der Waals surface area (Å²) in [5, 5.41) is 12.8. The summed E-state index contributed by atoms with van der Waals surface area (Å²) in [5.41, 5.74) is 5.40. The second-order valence-corrected chi connectivity index (χ2v) is 5.24. The van der Waals surface area contributed by atoms with Gasteiger partial charge in [0.2, 0.25) is 0 Å². The van der Waals surface area contributed by atoms with E-state index in [1.807, 2.05) is 6.92 Å². The van der Waals surface area contributed by atoms with Gasteiger partial charge in [0.1, 0.15) is 0 Å². The molecule has 17 heavy (non-hydrogen) atoms. The normalized spacial score (nSPS) is 14.7. The van der Waals surface area contributed by atoms with E-state index in [1.54, 1.807) is 0 Å². The third kappa shape index (κ3) is 4.49. The highest BCUT2D eigenvalue weighted by Gasteiger charge is 2.08. The number of hydrogen-bond donors (Lipinski definition) is 2. The Morgan fingerprint density at radius 2 is 1.65 bits per heavy atom. The molecule has 2 atom stereocenters. The van der Waals surface area contributed by atoms with Crippen LogP contribution in [-0.2, 0) is 6.54 Å².